The molecule has 21 heavy (non-hydrogen) atoms. The number of benzene rings is 1. The van der Waals surface area contributed by atoms with Crippen LogP contribution in [0.2, 0.25) is 0 Å². The fourth-order valence-corrected chi connectivity index (χ4v) is 2.88. The third kappa shape index (κ3) is 4.46. The van der Waals surface area contributed by atoms with E-state index in [1.165, 1.54) is 25.8 Å². The van der Waals surface area contributed by atoms with E-state index < -0.39 is 0 Å². The number of hydrogen-bond donors (Lipinski definition) is 2. The number of rotatable bonds is 4. The molecule has 1 atom stereocenters. The Balaban J connectivity index is 1.91. The van der Waals surface area contributed by atoms with Crippen LogP contribution in [0.25, 0.3) is 0 Å². The molecule has 1 aromatic carbocycles. The highest BCUT2D eigenvalue weighted by Crippen LogP contribution is 2.18. The highest BCUT2D eigenvalue weighted by atomic mass is 16.1. The topological polar surface area (TPSA) is 44.4 Å². The maximum atomic E-state index is 11.5. The monoisotopic (exact) mass is 289 g/mol. The molecule has 1 unspecified atom stereocenters. The molecular weight excluding hydrogens is 262 g/mol. The van der Waals surface area contributed by atoms with Gasteiger partial charge in [0, 0.05) is 36.9 Å². The number of carbonyl (C=O) groups is 1. The molecule has 0 aromatic heterocycles. The first-order valence-corrected chi connectivity index (χ1v) is 7.93. The Morgan fingerprint density at radius 3 is 2.52 bits per heavy atom. The first-order valence-electron chi connectivity index (χ1n) is 7.93. The fourth-order valence-electron chi connectivity index (χ4n) is 2.88. The van der Waals surface area contributed by atoms with Crippen molar-refractivity contribution in [3.63, 3.8) is 0 Å². The lowest BCUT2D eigenvalue weighted by Crippen LogP contribution is -2.32. The van der Waals surface area contributed by atoms with E-state index in [-0.39, 0.29) is 5.91 Å². The van der Waals surface area contributed by atoms with Crippen molar-refractivity contribution in [3.05, 3.63) is 29.8 Å². The molecule has 2 rings (SSSR count). The summed E-state index contributed by atoms with van der Waals surface area (Å²) >= 11 is 0. The molecule has 1 heterocycles. The quantitative estimate of drug-likeness (QED) is 0.896. The molecule has 1 aromatic rings. The van der Waals surface area contributed by atoms with E-state index in [0.29, 0.717) is 17.6 Å². The van der Waals surface area contributed by atoms with Crippen molar-refractivity contribution in [2.45, 2.75) is 45.2 Å². The van der Waals surface area contributed by atoms with Gasteiger partial charge in [-0.05, 0) is 63.9 Å². The third-order valence-corrected chi connectivity index (χ3v) is 4.24. The normalized spacial score (nSPS) is 20.1. The molecule has 4 heteroatoms. The van der Waals surface area contributed by atoms with Crippen LogP contribution in [0.4, 0.5) is 5.69 Å². The van der Waals surface area contributed by atoms with Crippen molar-refractivity contribution in [3.8, 4) is 0 Å². The van der Waals surface area contributed by atoms with Crippen LogP contribution in [0.15, 0.2) is 24.3 Å². The summed E-state index contributed by atoms with van der Waals surface area (Å²) in [5.41, 5.74) is 1.81. The van der Waals surface area contributed by atoms with Gasteiger partial charge in [-0.25, -0.2) is 0 Å². The zero-order chi connectivity index (χ0) is 15.2. The average Bonchev–Trinajstić information content (AvgIpc) is 2.73. The van der Waals surface area contributed by atoms with E-state index in [1.807, 2.05) is 24.3 Å². The largest absolute Gasteiger partial charge is 0.382 e. The number of anilines is 1. The number of nitrogens with one attached hydrogen (secondary N) is 2. The fraction of sp³-hybridized carbons (Fsp3) is 0.588. The number of likely N-dealkylation sites (tertiary alicyclic amines) is 1. The highest BCUT2D eigenvalue weighted by molar-refractivity contribution is 5.94. The predicted octanol–water partition coefficient (Wildman–Crippen LogP) is 2.72. The smallest absolute Gasteiger partial charge is 0.251 e. The molecule has 4 nitrogen and oxygen atoms in total. The number of carbonyl (C=O) groups excluding carboxylic acids is 1. The summed E-state index contributed by atoms with van der Waals surface area (Å²) in [7, 11) is 1.65. The Hall–Kier alpha value is -1.55. The Morgan fingerprint density at radius 2 is 1.90 bits per heavy atom. The van der Waals surface area contributed by atoms with Crippen LogP contribution in [0.3, 0.4) is 0 Å². The second-order valence-corrected chi connectivity index (χ2v) is 6.06. The lowest BCUT2D eigenvalue weighted by Gasteiger charge is -2.24. The van der Waals surface area contributed by atoms with E-state index in [9.17, 15) is 4.79 Å². The van der Waals surface area contributed by atoms with Gasteiger partial charge in [0.15, 0.2) is 0 Å². The van der Waals surface area contributed by atoms with Crippen LogP contribution >= 0.6 is 0 Å². The molecule has 1 fully saturated rings. The summed E-state index contributed by atoms with van der Waals surface area (Å²) in [5, 5.41) is 6.25. The SMILES string of the molecule is CNC(=O)c1ccc(NC2CCCN(C(C)C)CC2)cc1. The molecular formula is C17H27N3O. The summed E-state index contributed by atoms with van der Waals surface area (Å²) in [6.07, 6.45) is 3.63. The van der Waals surface area contributed by atoms with Gasteiger partial charge in [-0.2, -0.15) is 0 Å². The van der Waals surface area contributed by atoms with Crippen molar-refractivity contribution in [2.24, 2.45) is 0 Å². The van der Waals surface area contributed by atoms with E-state index in [1.54, 1.807) is 7.05 Å². The Labute approximate surface area is 127 Å². The van der Waals surface area contributed by atoms with Gasteiger partial charge >= 0.3 is 0 Å². The van der Waals surface area contributed by atoms with Gasteiger partial charge in [0.2, 0.25) is 0 Å². The molecule has 0 aliphatic carbocycles. The van der Waals surface area contributed by atoms with Gasteiger partial charge < -0.3 is 15.5 Å². The summed E-state index contributed by atoms with van der Waals surface area (Å²) in [6, 6.07) is 8.90. The van der Waals surface area contributed by atoms with Crippen molar-refractivity contribution >= 4 is 11.6 Å². The minimum atomic E-state index is -0.0383. The Kier molecular flexibility index (Phi) is 5.62. The van der Waals surface area contributed by atoms with Gasteiger partial charge in [-0.1, -0.05) is 0 Å². The summed E-state index contributed by atoms with van der Waals surface area (Å²) in [4.78, 5) is 14.1. The van der Waals surface area contributed by atoms with Crippen molar-refractivity contribution in [1.29, 1.82) is 0 Å². The van der Waals surface area contributed by atoms with Gasteiger partial charge in [-0.3, -0.25) is 4.79 Å². The molecule has 0 saturated carbocycles. The maximum absolute atomic E-state index is 11.5. The van der Waals surface area contributed by atoms with E-state index in [0.717, 1.165) is 12.2 Å². The lowest BCUT2D eigenvalue weighted by molar-refractivity contribution is 0.0963. The first kappa shape index (κ1) is 15.8. The van der Waals surface area contributed by atoms with Crippen molar-refractivity contribution in [2.75, 3.05) is 25.5 Å². The first-order chi connectivity index (χ1) is 10.1. The summed E-state index contributed by atoms with van der Waals surface area (Å²) < 4.78 is 0. The third-order valence-electron chi connectivity index (χ3n) is 4.24. The van der Waals surface area contributed by atoms with E-state index >= 15 is 0 Å². The number of nitrogens with zero attached hydrogens (tertiary/aromatic N) is 1. The molecule has 2 N–H and O–H groups in total. The van der Waals surface area contributed by atoms with Gasteiger partial charge in [0.1, 0.15) is 0 Å². The van der Waals surface area contributed by atoms with Gasteiger partial charge in [-0.15, -0.1) is 0 Å². The van der Waals surface area contributed by atoms with Crippen LogP contribution in [0, 0.1) is 0 Å². The molecule has 0 bridgehead atoms. The maximum Gasteiger partial charge on any atom is 0.251 e. The minimum Gasteiger partial charge on any atom is -0.382 e. The summed E-state index contributed by atoms with van der Waals surface area (Å²) in [6.45, 7) is 6.90. The van der Waals surface area contributed by atoms with Crippen LogP contribution in [-0.4, -0.2) is 43.0 Å². The Morgan fingerprint density at radius 1 is 1.19 bits per heavy atom. The second-order valence-electron chi connectivity index (χ2n) is 6.06. The second kappa shape index (κ2) is 7.46. The predicted molar refractivity (Wildman–Crippen MR) is 87.8 cm³/mol. The minimum absolute atomic E-state index is 0.0383. The molecule has 1 amide bonds. The van der Waals surface area contributed by atoms with Gasteiger partial charge in [0.25, 0.3) is 5.91 Å². The molecule has 0 spiro atoms. The van der Waals surface area contributed by atoms with Gasteiger partial charge in [0.05, 0.1) is 0 Å². The zero-order valence-corrected chi connectivity index (χ0v) is 13.4. The Bertz CT molecular complexity index is 456. The van der Waals surface area contributed by atoms with Crippen LogP contribution < -0.4 is 10.6 Å². The zero-order valence-electron chi connectivity index (χ0n) is 13.4. The number of hydrogen-bond acceptors (Lipinski definition) is 3. The van der Waals surface area contributed by atoms with Crippen molar-refractivity contribution < 1.29 is 4.79 Å². The van der Waals surface area contributed by atoms with E-state index in [2.05, 4.69) is 29.4 Å². The molecule has 1 aliphatic heterocycles. The highest BCUT2D eigenvalue weighted by Gasteiger charge is 2.18. The molecule has 1 saturated heterocycles. The summed E-state index contributed by atoms with van der Waals surface area (Å²) in [5.74, 6) is -0.0383. The lowest BCUT2D eigenvalue weighted by atomic mass is 10.1. The standard InChI is InChI=1S/C17H27N3O/c1-13(2)20-11-4-5-15(10-12-20)19-16-8-6-14(7-9-16)17(21)18-3/h6-9,13,15,19H,4-5,10-12H2,1-3H3,(H,18,21). The van der Waals surface area contributed by atoms with Crippen LogP contribution in [-0.2, 0) is 0 Å². The van der Waals surface area contributed by atoms with Crippen LogP contribution in [0.1, 0.15) is 43.5 Å². The molecule has 1 aliphatic rings. The number of amides is 1. The molecule has 116 valence electrons. The molecule has 0 radical (unpaired) electrons. The van der Waals surface area contributed by atoms with E-state index in [4.69, 9.17) is 0 Å². The van der Waals surface area contributed by atoms with Crippen LogP contribution in [0.5, 0.6) is 0 Å². The van der Waals surface area contributed by atoms with Crippen molar-refractivity contribution in [1.82, 2.24) is 10.2 Å². The average molecular weight is 289 g/mol.